The van der Waals surface area contributed by atoms with Gasteiger partial charge >= 0.3 is 0 Å². The van der Waals surface area contributed by atoms with Crippen molar-refractivity contribution in [1.29, 1.82) is 0 Å². The van der Waals surface area contributed by atoms with Crippen molar-refractivity contribution < 1.29 is 9.53 Å². The summed E-state index contributed by atoms with van der Waals surface area (Å²) in [6, 6.07) is 22.7. The monoisotopic (exact) mass is 619 g/mol. The molecule has 2 aliphatic rings. The van der Waals surface area contributed by atoms with Crippen molar-refractivity contribution in [3.8, 4) is 5.75 Å². The fourth-order valence-corrected chi connectivity index (χ4v) is 7.24. The SMILES string of the molecule is COc1ccc2c(c1)N(C)/C(=c1/s/c(=C3\C(=O)N(c4ccccc4)NC3=Nc3cccc(Br)c3)n(C)c1=O)S2. The number of hydrazine groups is 1. The summed E-state index contributed by atoms with van der Waals surface area (Å²) in [6.45, 7) is 0. The number of aliphatic imine (C=N–C) groups is 1. The van der Waals surface area contributed by atoms with Crippen LogP contribution in [-0.4, -0.2) is 30.5 Å². The molecule has 0 aliphatic carbocycles. The Balaban J connectivity index is 1.57. The second-order valence-corrected chi connectivity index (χ2v) is 11.7. The molecule has 3 aromatic carbocycles. The van der Waals surface area contributed by atoms with E-state index in [0.29, 0.717) is 32.0 Å². The van der Waals surface area contributed by atoms with E-state index in [1.54, 1.807) is 14.2 Å². The van der Waals surface area contributed by atoms with E-state index in [0.717, 1.165) is 25.8 Å². The molecule has 3 heterocycles. The third-order valence-electron chi connectivity index (χ3n) is 6.38. The minimum absolute atomic E-state index is 0.176. The third-order valence-corrected chi connectivity index (χ3v) is 9.49. The van der Waals surface area contributed by atoms with E-state index < -0.39 is 0 Å². The first-order chi connectivity index (χ1) is 18.9. The van der Waals surface area contributed by atoms with Gasteiger partial charge in [0.25, 0.3) is 11.5 Å². The van der Waals surface area contributed by atoms with Crippen molar-refractivity contribution in [2.75, 3.05) is 24.1 Å². The van der Waals surface area contributed by atoms with Gasteiger partial charge in [0.2, 0.25) is 0 Å². The summed E-state index contributed by atoms with van der Waals surface area (Å²) in [6.07, 6.45) is 0. The van der Waals surface area contributed by atoms with Crippen LogP contribution in [0.4, 0.5) is 17.1 Å². The van der Waals surface area contributed by atoms with Gasteiger partial charge in [0.05, 0.1) is 24.2 Å². The molecule has 0 saturated carbocycles. The van der Waals surface area contributed by atoms with E-state index in [9.17, 15) is 9.59 Å². The van der Waals surface area contributed by atoms with Crippen LogP contribution in [-0.2, 0) is 11.8 Å². The zero-order valence-corrected chi connectivity index (χ0v) is 24.4. The predicted molar refractivity (Wildman–Crippen MR) is 161 cm³/mol. The predicted octanol–water partition coefficient (Wildman–Crippen LogP) is 3.96. The van der Waals surface area contributed by atoms with Crippen molar-refractivity contribution in [3.63, 3.8) is 0 Å². The van der Waals surface area contributed by atoms with Crippen LogP contribution in [0, 0.1) is 0 Å². The lowest BCUT2D eigenvalue weighted by Gasteiger charge is -2.14. The molecule has 0 unspecified atom stereocenters. The van der Waals surface area contributed by atoms with Gasteiger partial charge in [-0.25, -0.2) is 10.0 Å². The zero-order chi connectivity index (χ0) is 27.3. The Morgan fingerprint density at radius 2 is 1.77 bits per heavy atom. The largest absolute Gasteiger partial charge is 0.497 e. The van der Waals surface area contributed by atoms with E-state index in [1.807, 2.05) is 84.7 Å². The highest BCUT2D eigenvalue weighted by Crippen LogP contribution is 2.46. The molecule has 6 rings (SSSR count). The number of nitrogens with zero attached hydrogens (tertiary/aromatic N) is 4. The minimum Gasteiger partial charge on any atom is -0.497 e. The molecular formula is C28H22BrN5O3S2. The normalized spacial score (nSPS) is 18.6. The van der Waals surface area contributed by atoms with Gasteiger partial charge in [-0.3, -0.25) is 15.0 Å². The number of thioether (sulfide) groups is 1. The van der Waals surface area contributed by atoms with Crippen LogP contribution < -0.4 is 34.8 Å². The number of nitrogens with one attached hydrogen (secondary N) is 1. The topological polar surface area (TPSA) is 79.2 Å². The fourth-order valence-electron chi connectivity index (χ4n) is 4.39. The van der Waals surface area contributed by atoms with E-state index in [1.165, 1.54) is 32.7 Å². The highest BCUT2D eigenvalue weighted by Gasteiger charge is 2.35. The fraction of sp³-hybridized carbons (Fsp3) is 0.107. The van der Waals surface area contributed by atoms with Gasteiger partial charge in [-0.1, -0.05) is 52.0 Å². The molecule has 0 atom stereocenters. The van der Waals surface area contributed by atoms with Gasteiger partial charge in [-0.2, -0.15) is 0 Å². The second kappa shape index (κ2) is 10.1. The summed E-state index contributed by atoms with van der Waals surface area (Å²) < 4.78 is 8.87. The Hall–Kier alpha value is -3.80. The van der Waals surface area contributed by atoms with Crippen LogP contribution in [0.3, 0.4) is 0 Å². The lowest BCUT2D eigenvalue weighted by molar-refractivity contribution is -0.113. The summed E-state index contributed by atoms with van der Waals surface area (Å²) in [5.74, 6) is 0.828. The molecule has 196 valence electrons. The van der Waals surface area contributed by atoms with Crippen LogP contribution in [0.25, 0.3) is 10.6 Å². The molecule has 11 heteroatoms. The average Bonchev–Trinajstić information content (AvgIpc) is 3.54. The van der Waals surface area contributed by atoms with Crippen molar-refractivity contribution in [2.24, 2.45) is 12.0 Å². The van der Waals surface area contributed by atoms with Gasteiger partial charge in [0.15, 0.2) is 5.84 Å². The molecule has 1 aromatic heterocycles. The quantitative estimate of drug-likeness (QED) is 0.374. The number of aromatic nitrogens is 1. The number of ether oxygens (including phenoxy) is 1. The summed E-state index contributed by atoms with van der Waals surface area (Å²) >= 11 is 6.30. The van der Waals surface area contributed by atoms with E-state index in [2.05, 4.69) is 21.4 Å². The number of amides is 1. The number of halogens is 1. The smallest absolute Gasteiger partial charge is 0.283 e. The van der Waals surface area contributed by atoms with Crippen LogP contribution in [0.15, 0.2) is 92.0 Å². The molecular weight excluding hydrogens is 598 g/mol. The number of hydrogen-bond donors (Lipinski definition) is 1. The van der Waals surface area contributed by atoms with Gasteiger partial charge in [0.1, 0.15) is 25.5 Å². The number of benzene rings is 3. The van der Waals surface area contributed by atoms with Gasteiger partial charge in [-0.15, -0.1) is 11.3 Å². The highest BCUT2D eigenvalue weighted by molar-refractivity contribution is 9.10. The molecule has 39 heavy (non-hydrogen) atoms. The van der Waals surface area contributed by atoms with E-state index in [4.69, 9.17) is 9.73 Å². The first-order valence-corrected chi connectivity index (χ1v) is 14.3. The number of carbonyl (C=O) groups is 1. The molecule has 0 spiro atoms. The number of rotatable bonds is 3. The molecule has 1 amide bonds. The maximum absolute atomic E-state index is 13.9. The van der Waals surface area contributed by atoms with Crippen molar-refractivity contribution in [3.05, 3.63) is 96.8 Å². The summed E-state index contributed by atoms with van der Waals surface area (Å²) in [7, 11) is 5.25. The van der Waals surface area contributed by atoms with E-state index >= 15 is 0 Å². The Morgan fingerprint density at radius 1 is 0.974 bits per heavy atom. The van der Waals surface area contributed by atoms with Crippen LogP contribution in [0.2, 0.25) is 0 Å². The van der Waals surface area contributed by atoms with E-state index in [-0.39, 0.29) is 11.5 Å². The maximum Gasteiger partial charge on any atom is 0.283 e. The van der Waals surface area contributed by atoms with Crippen molar-refractivity contribution in [2.45, 2.75) is 4.90 Å². The number of amidine groups is 1. The molecule has 0 radical (unpaired) electrons. The molecule has 2 aliphatic heterocycles. The summed E-state index contributed by atoms with van der Waals surface area (Å²) in [4.78, 5) is 35.3. The number of thiazole rings is 1. The number of carbonyl (C=O) groups excluding carboxylic acids is 1. The zero-order valence-electron chi connectivity index (χ0n) is 21.1. The van der Waals surface area contributed by atoms with Gasteiger partial charge in [-0.05, 0) is 42.5 Å². The Morgan fingerprint density at radius 3 is 2.51 bits per heavy atom. The molecule has 1 fully saturated rings. The van der Waals surface area contributed by atoms with Gasteiger partial charge in [0, 0.05) is 29.5 Å². The Kier molecular flexibility index (Phi) is 6.57. The standard InChI is InChI=1S/C28H22BrN5O3S2/c1-32-20-15-19(37-3)12-13-21(20)38-28(32)23-26(36)33(2)27(39-23)22-24(30-17-9-7-8-16(29)14-17)31-34(25(22)35)18-10-5-4-6-11-18/h4-15H,1-3H3,(H,30,31)/b27-22-,28-23-. The minimum atomic E-state index is -0.288. The van der Waals surface area contributed by atoms with Crippen LogP contribution in [0.1, 0.15) is 0 Å². The lowest BCUT2D eigenvalue weighted by Crippen LogP contribution is -2.35. The lowest BCUT2D eigenvalue weighted by atomic mass is 10.2. The molecule has 1 saturated heterocycles. The van der Waals surface area contributed by atoms with Crippen molar-refractivity contribution >= 4 is 78.4 Å². The first kappa shape index (κ1) is 25.5. The second-order valence-electron chi connectivity index (χ2n) is 8.80. The molecule has 1 N–H and O–H groups in total. The van der Waals surface area contributed by atoms with Crippen LogP contribution >= 0.6 is 39.0 Å². The molecule has 0 bridgehead atoms. The number of fused-ring (bicyclic) bond motifs is 1. The summed E-state index contributed by atoms with van der Waals surface area (Å²) in [5, 5.41) is 2.27. The number of hydrogen-bond acceptors (Lipinski definition) is 7. The average molecular weight is 621 g/mol. The number of methoxy groups -OCH3 is 1. The molecule has 8 nitrogen and oxygen atoms in total. The molecule has 4 aromatic rings. The Bertz CT molecular complexity index is 1850. The first-order valence-electron chi connectivity index (χ1n) is 11.9. The Labute approximate surface area is 240 Å². The summed E-state index contributed by atoms with van der Waals surface area (Å²) in [5.41, 5.74) is 5.63. The van der Waals surface area contributed by atoms with Crippen LogP contribution in [0.5, 0.6) is 5.75 Å². The van der Waals surface area contributed by atoms with Crippen molar-refractivity contribution in [1.82, 2.24) is 9.99 Å². The number of para-hydroxylation sites is 1. The van der Waals surface area contributed by atoms with Gasteiger partial charge < -0.3 is 14.2 Å². The highest BCUT2D eigenvalue weighted by atomic mass is 79.9. The third kappa shape index (κ3) is 4.46. The maximum atomic E-state index is 13.9. The number of anilines is 2.